The molecule has 6 heteroatoms. The summed E-state index contributed by atoms with van der Waals surface area (Å²) in [6, 6.07) is 0. The fourth-order valence-electron chi connectivity index (χ4n) is 1.83. The number of aliphatic hydroxyl groups excluding tert-OH is 1. The summed E-state index contributed by atoms with van der Waals surface area (Å²) in [6.45, 7) is 0.0527. The van der Waals surface area contributed by atoms with Gasteiger partial charge in [-0.3, -0.25) is 4.98 Å². The molecule has 0 atom stereocenters. The molecule has 1 heterocycles. The SMILES string of the molecule is COC(=O)c1cncc(NC2(CO)CCC2)n1. The van der Waals surface area contributed by atoms with Crippen LogP contribution in [0.25, 0.3) is 0 Å². The number of anilines is 1. The summed E-state index contributed by atoms with van der Waals surface area (Å²) >= 11 is 0. The van der Waals surface area contributed by atoms with E-state index in [9.17, 15) is 9.90 Å². The molecule has 92 valence electrons. The molecule has 0 unspecified atom stereocenters. The zero-order valence-electron chi connectivity index (χ0n) is 9.64. The third kappa shape index (κ3) is 2.36. The number of nitrogens with one attached hydrogen (secondary N) is 1. The van der Waals surface area contributed by atoms with Gasteiger partial charge in [0.15, 0.2) is 5.69 Å². The van der Waals surface area contributed by atoms with Crippen LogP contribution in [-0.4, -0.2) is 40.3 Å². The average molecular weight is 237 g/mol. The molecule has 6 nitrogen and oxygen atoms in total. The normalized spacial score (nSPS) is 17.1. The van der Waals surface area contributed by atoms with Gasteiger partial charge in [0.25, 0.3) is 0 Å². The zero-order chi connectivity index (χ0) is 12.3. The van der Waals surface area contributed by atoms with Gasteiger partial charge in [-0.15, -0.1) is 0 Å². The molecule has 0 amide bonds. The fourth-order valence-corrected chi connectivity index (χ4v) is 1.83. The van der Waals surface area contributed by atoms with Crippen LogP contribution in [0.2, 0.25) is 0 Å². The van der Waals surface area contributed by atoms with Crippen molar-refractivity contribution < 1.29 is 14.6 Å². The van der Waals surface area contributed by atoms with E-state index >= 15 is 0 Å². The van der Waals surface area contributed by atoms with Crippen molar-refractivity contribution in [3.05, 3.63) is 18.1 Å². The Morgan fingerprint density at radius 1 is 1.59 bits per heavy atom. The van der Waals surface area contributed by atoms with Crippen molar-refractivity contribution >= 4 is 11.8 Å². The monoisotopic (exact) mass is 237 g/mol. The van der Waals surface area contributed by atoms with Gasteiger partial charge in [-0.25, -0.2) is 9.78 Å². The van der Waals surface area contributed by atoms with Crippen LogP contribution in [-0.2, 0) is 4.74 Å². The molecule has 1 aliphatic carbocycles. The Hall–Kier alpha value is -1.69. The Kier molecular flexibility index (Phi) is 3.23. The van der Waals surface area contributed by atoms with Gasteiger partial charge < -0.3 is 15.2 Å². The summed E-state index contributed by atoms with van der Waals surface area (Å²) in [5, 5.41) is 12.4. The lowest BCUT2D eigenvalue weighted by Gasteiger charge is -2.41. The lowest BCUT2D eigenvalue weighted by molar-refractivity contribution is 0.0593. The summed E-state index contributed by atoms with van der Waals surface area (Å²) in [5.41, 5.74) is -0.145. The quantitative estimate of drug-likeness (QED) is 0.745. The number of aliphatic hydroxyl groups is 1. The van der Waals surface area contributed by atoms with Gasteiger partial charge in [-0.1, -0.05) is 0 Å². The van der Waals surface area contributed by atoms with E-state index in [1.54, 1.807) is 0 Å². The van der Waals surface area contributed by atoms with Gasteiger partial charge in [0.2, 0.25) is 0 Å². The maximum absolute atomic E-state index is 11.3. The van der Waals surface area contributed by atoms with Crippen LogP contribution in [0.15, 0.2) is 12.4 Å². The van der Waals surface area contributed by atoms with Crippen LogP contribution in [0.5, 0.6) is 0 Å². The van der Waals surface area contributed by atoms with E-state index in [-0.39, 0.29) is 17.8 Å². The Bertz CT molecular complexity index is 413. The highest BCUT2D eigenvalue weighted by Gasteiger charge is 2.36. The standard InChI is InChI=1S/C11H15N3O3/c1-17-10(16)8-5-12-6-9(13-8)14-11(7-15)3-2-4-11/h5-6,15H,2-4,7H2,1H3,(H,13,14). The van der Waals surface area contributed by atoms with Crippen LogP contribution in [0, 0.1) is 0 Å². The number of nitrogens with zero attached hydrogens (tertiary/aromatic N) is 2. The molecule has 0 radical (unpaired) electrons. The van der Waals surface area contributed by atoms with Gasteiger partial charge in [-0.2, -0.15) is 0 Å². The Morgan fingerprint density at radius 2 is 2.35 bits per heavy atom. The number of esters is 1. The first-order valence-electron chi connectivity index (χ1n) is 5.48. The van der Waals surface area contributed by atoms with Gasteiger partial charge in [0, 0.05) is 0 Å². The van der Waals surface area contributed by atoms with E-state index < -0.39 is 5.97 Å². The summed E-state index contributed by atoms with van der Waals surface area (Å²) in [4.78, 5) is 19.3. The first-order valence-corrected chi connectivity index (χ1v) is 5.48. The largest absolute Gasteiger partial charge is 0.464 e. The molecule has 2 rings (SSSR count). The van der Waals surface area contributed by atoms with Crippen LogP contribution in [0.1, 0.15) is 29.8 Å². The van der Waals surface area contributed by atoms with E-state index in [0.29, 0.717) is 5.82 Å². The molecule has 0 aliphatic heterocycles. The Labute approximate surface area is 99.0 Å². The second kappa shape index (κ2) is 4.67. The number of carbonyl (C=O) groups is 1. The Balaban J connectivity index is 2.13. The number of hydrogen-bond acceptors (Lipinski definition) is 6. The highest BCUT2D eigenvalue weighted by molar-refractivity contribution is 5.87. The van der Waals surface area contributed by atoms with Crippen molar-refractivity contribution in [3.63, 3.8) is 0 Å². The third-order valence-electron chi connectivity index (χ3n) is 3.04. The maximum Gasteiger partial charge on any atom is 0.358 e. The van der Waals surface area contributed by atoms with Crippen LogP contribution in [0.3, 0.4) is 0 Å². The third-order valence-corrected chi connectivity index (χ3v) is 3.04. The molecule has 1 fully saturated rings. The minimum Gasteiger partial charge on any atom is -0.464 e. The minimum absolute atomic E-state index is 0.0527. The average Bonchev–Trinajstić information content (AvgIpc) is 2.33. The number of ether oxygens (including phenoxy) is 1. The predicted octanol–water partition coefficient (Wildman–Crippen LogP) is 0.590. The lowest BCUT2D eigenvalue weighted by atomic mass is 9.77. The van der Waals surface area contributed by atoms with Crippen molar-refractivity contribution in [1.29, 1.82) is 0 Å². The zero-order valence-corrected chi connectivity index (χ0v) is 9.64. The molecule has 2 N–H and O–H groups in total. The minimum atomic E-state index is -0.521. The van der Waals surface area contributed by atoms with Crippen LogP contribution in [0.4, 0.5) is 5.82 Å². The number of aromatic nitrogens is 2. The fraction of sp³-hybridized carbons (Fsp3) is 0.545. The van der Waals surface area contributed by atoms with Crippen molar-refractivity contribution in [1.82, 2.24) is 9.97 Å². The molecule has 1 aliphatic rings. The van der Waals surface area contributed by atoms with Crippen molar-refractivity contribution in [2.45, 2.75) is 24.8 Å². The van der Waals surface area contributed by atoms with Crippen molar-refractivity contribution in [2.24, 2.45) is 0 Å². The van der Waals surface area contributed by atoms with E-state index in [2.05, 4.69) is 20.0 Å². The van der Waals surface area contributed by atoms with Gasteiger partial charge in [0.05, 0.1) is 31.6 Å². The molecule has 1 aromatic heterocycles. The van der Waals surface area contributed by atoms with Crippen molar-refractivity contribution in [3.8, 4) is 0 Å². The number of methoxy groups -OCH3 is 1. The van der Waals surface area contributed by atoms with Crippen LogP contribution >= 0.6 is 0 Å². The predicted molar refractivity (Wildman–Crippen MR) is 60.7 cm³/mol. The summed E-state index contributed by atoms with van der Waals surface area (Å²) in [7, 11) is 1.30. The van der Waals surface area contributed by atoms with E-state index in [1.807, 2.05) is 0 Å². The summed E-state index contributed by atoms with van der Waals surface area (Å²) < 4.78 is 4.57. The first-order chi connectivity index (χ1) is 8.19. The maximum atomic E-state index is 11.3. The van der Waals surface area contributed by atoms with Gasteiger partial charge in [-0.05, 0) is 19.3 Å². The molecular weight excluding hydrogens is 222 g/mol. The number of rotatable bonds is 4. The molecule has 17 heavy (non-hydrogen) atoms. The number of carbonyl (C=O) groups excluding carboxylic acids is 1. The molecule has 0 aromatic carbocycles. The van der Waals surface area contributed by atoms with Crippen LogP contribution < -0.4 is 5.32 Å². The topological polar surface area (TPSA) is 84.3 Å². The highest BCUT2D eigenvalue weighted by atomic mass is 16.5. The summed E-state index contributed by atoms with van der Waals surface area (Å²) in [6.07, 6.45) is 5.75. The molecule has 0 bridgehead atoms. The smallest absolute Gasteiger partial charge is 0.358 e. The highest BCUT2D eigenvalue weighted by Crippen LogP contribution is 2.34. The molecule has 0 saturated heterocycles. The molecule has 1 aromatic rings. The van der Waals surface area contributed by atoms with Crippen molar-refractivity contribution in [2.75, 3.05) is 19.0 Å². The van der Waals surface area contributed by atoms with E-state index in [4.69, 9.17) is 0 Å². The first kappa shape index (κ1) is 11.8. The lowest BCUT2D eigenvalue weighted by Crippen LogP contribution is -2.48. The van der Waals surface area contributed by atoms with Gasteiger partial charge >= 0.3 is 5.97 Å². The van der Waals surface area contributed by atoms with E-state index in [0.717, 1.165) is 19.3 Å². The second-order valence-corrected chi connectivity index (χ2v) is 4.20. The number of hydrogen-bond donors (Lipinski definition) is 2. The van der Waals surface area contributed by atoms with E-state index in [1.165, 1.54) is 19.5 Å². The molecule has 1 saturated carbocycles. The molecular formula is C11H15N3O3. The van der Waals surface area contributed by atoms with Gasteiger partial charge in [0.1, 0.15) is 5.82 Å². The summed E-state index contributed by atoms with van der Waals surface area (Å²) in [5.74, 6) is -0.0329. The molecule has 0 spiro atoms. The second-order valence-electron chi connectivity index (χ2n) is 4.20. The Morgan fingerprint density at radius 3 is 2.88 bits per heavy atom.